The standard InChI is InChI=1S/C12H14BrNO2/c13-9-1-2-10-12(16-7-15-10)11(9)8-3-5-14-6-4-8/h1-2,8,14H,3-7H2. The number of hydrogen-bond acceptors (Lipinski definition) is 3. The van der Waals surface area contributed by atoms with Gasteiger partial charge < -0.3 is 14.8 Å². The molecule has 1 N–H and O–H groups in total. The summed E-state index contributed by atoms with van der Waals surface area (Å²) in [7, 11) is 0. The van der Waals surface area contributed by atoms with Crippen LogP contribution in [0.3, 0.4) is 0 Å². The zero-order valence-corrected chi connectivity index (χ0v) is 10.5. The number of fused-ring (bicyclic) bond motifs is 1. The quantitative estimate of drug-likeness (QED) is 0.860. The highest BCUT2D eigenvalue weighted by molar-refractivity contribution is 9.10. The van der Waals surface area contributed by atoms with Gasteiger partial charge >= 0.3 is 0 Å². The predicted octanol–water partition coefficient (Wildman–Crippen LogP) is 2.64. The maximum Gasteiger partial charge on any atom is 0.231 e. The van der Waals surface area contributed by atoms with Crippen molar-refractivity contribution >= 4 is 15.9 Å². The Balaban J connectivity index is 2.01. The van der Waals surface area contributed by atoms with E-state index in [1.165, 1.54) is 18.4 Å². The average Bonchev–Trinajstić information content (AvgIpc) is 2.78. The summed E-state index contributed by atoms with van der Waals surface area (Å²) in [5.41, 5.74) is 1.29. The summed E-state index contributed by atoms with van der Waals surface area (Å²) in [4.78, 5) is 0. The smallest absolute Gasteiger partial charge is 0.231 e. The van der Waals surface area contributed by atoms with Crippen molar-refractivity contribution in [2.24, 2.45) is 0 Å². The molecule has 86 valence electrons. The van der Waals surface area contributed by atoms with E-state index in [0.717, 1.165) is 29.1 Å². The molecule has 1 saturated heterocycles. The van der Waals surface area contributed by atoms with Crippen molar-refractivity contribution in [2.45, 2.75) is 18.8 Å². The summed E-state index contributed by atoms with van der Waals surface area (Å²) in [5, 5.41) is 3.38. The van der Waals surface area contributed by atoms with Gasteiger partial charge in [-0.15, -0.1) is 0 Å². The maximum absolute atomic E-state index is 5.59. The van der Waals surface area contributed by atoms with Gasteiger partial charge in [-0.05, 0) is 44.0 Å². The van der Waals surface area contributed by atoms with Crippen molar-refractivity contribution in [1.29, 1.82) is 0 Å². The Kier molecular flexibility index (Phi) is 2.77. The number of piperidine rings is 1. The number of benzene rings is 1. The van der Waals surface area contributed by atoms with Gasteiger partial charge in [-0.2, -0.15) is 0 Å². The normalized spacial score (nSPS) is 20.1. The molecule has 2 aliphatic heterocycles. The Hall–Kier alpha value is -0.740. The van der Waals surface area contributed by atoms with E-state index in [1.54, 1.807) is 0 Å². The van der Waals surface area contributed by atoms with E-state index in [9.17, 15) is 0 Å². The fourth-order valence-corrected chi connectivity index (χ4v) is 3.10. The van der Waals surface area contributed by atoms with E-state index in [0.29, 0.717) is 12.7 Å². The molecular weight excluding hydrogens is 270 g/mol. The second kappa shape index (κ2) is 4.26. The van der Waals surface area contributed by atoms with Crippen LogP contribution >= 0.6 is 15.9 Å². The first kappa shape index (κ1) is 10.4. The van der Waals surface area contributed by atoms with Gasteiger partial charge in [0.15, 0.2) is 11.5 Å². The van der Waals surface area contributed by atoms with Crippen LogP contribution in [0.5, 0.6) is 11.5 Å². The monoisotopic (exact) mass is 283 g/mol. The number of hydrogen-bond donors (Lipinski definition) is 1. The highest BCUT2D eigenvalue weighted by atomic mass is 79.9. The fourth-order valence-electron chi connectivity index (χ4n) is 2.46. The molecular formula is C12H14BrNO2. The summed E-state index contributed by atoms with van der Waals surface area (Å²) in [6, 6.07) is 4.03. The molecule has 2 heterocycles. The summed E-state index contributed by atoms with van der Waals surface area (Å²) < 4.78 is 12.2. The first-order valence-electron chi connectivity index (χ1n) is 5.65. The van der Waals surface area contributed by atoms with Crippen molar-refractivity contribution in [3.8, 4) is 11.5 Å². The Bertz CT molecular complexity index is 402. The van der Waals surface area contributed by atoms with E-state index in [2.05, 4.69) is 27.3 Å². The van der Waals surface area contributed by atoms with Crippen LogP contribution in [0.25, 0.3) is 0 Å². The van der Waals surface area contributed by atoms with Crippen LogP contribution in [0, 0.1) is 0 Å². The highest BCUT2D eigenvalue weighted by Crippen LogP contribution is 2.45. The zero-order chi connectivity index (χ0) is 11.0. The molecule has 0 unspecified atom stereocenters. The predicted molar refractivity (Wildman–Crippen MR) is 65.1 cm³/mol. The first-order valence-corrected chi connectivity index (χ1v) is 6.44. The van der Waals surface area contributed by atoms with Crippen molar-refractivity contribution < 1.29 is 9.47 Å². The molecule has 16 heavy (non-hydrogen) atoms. The molecule has 1 fully saturated rings. The Labute approximate surface area is 103 Å². The van der Waals surface area contributed by atoms with Crippen LogP contribution in [0.4, 0.5) is 0 Å². The van der Waals surface area contributed by atoms with Gasteiger partial charge in [0, 0.05) is 10.0 Å². The molecule has 0 amide bonds. The molecule has 4 heteroatoms. The zero-order valence-electron chi connectivity index (χ0n) is 8.96. The van der Waals surface area contributed by atoms with Crippen molar-refractivity contribution in [3.63, 3.8) is 0 Å². The van der Waals surface area contributed by atoms with Crippen LogP contribution in [0.1, 0.15) is 24.3 Å². The lowest BCUT2D eigenvalue weighted by atomic mass is 9.89. The van der Waals surface area contributed by atoms with E-state index < -0.39 is 0 Å². The Morgan fingerprint density at radius 1 is 1.19 bits per heavy atom. The molecule has 0 atom stereocenters. The summed E-state index contributed by atoms with van der Waals surface area (Å²) in [6.45, 7) is 2.52. The lowest BCUT2D eigenvalue weighted by molar-refractivity contribution is 0.172. The van der Waals surface area contributed by atoms with Gasteiger partial charge in [0.25, 0.3) is 0 Å². The van der Waals surface area contributed by atoms with Crippen LogP contribution in [-0.2, 0) is 0 Å². The maximum atomic E-state index is 5.59. The van der Waals surface area contributed by atoms with Crippen LogP contribution < -0.4 is 14.8 Å². The SMILES string of the molecule is Brc1ccc2c(c1C1CCNCC1)OCO2. The third-order valence-corrected chi connectivity index (χ3v) is 3.96. The van der Waals surface area contributed by atoms with Gasteiger partial charge in [-0.3, -0.25) is 0 Å². The number of halogens is 1. The third-order valence-electron chi connectivity index (χ3n) is 3.27. The molecule has 2 aliphatic rings. The Morgan fingerprint density at radius 3 is 2.81 bits per heavy atom. The molecule has 3 rings (SSSR count). The van der Waals surface area contributed by atoms with E-state index in [4.69, 9.17) is 9.47 Å². The molecule has 1 aromatic carbocycles. The fraction of sp³-hybridized carbons (Fsp3) is 0.500. The second-order valence-corrected chi connectivity index (χ2v) is 5.07. The Morgan fingerprint density at radius 2 is 2.00 bits per heavy atom. The van der Waals surface area contributed by atoms with Gasteiger partial charge in [0.1, 0.15) is 0 Å². The molecule has 0 aliphatic carbocycles. The lowest BCUT2D eigenvalue weighted by Gasteiger charge is -2.24. The summed E-state index contributed by atoms with van der Waals surface area (Å²) in [5.74, 6) is 2.41. The minimum absolute atomic E-state index is 0.351. The molecule has 3 nitrogen and oxygen atoms in total. The van der Waals surface area contributed by atoms with Crippen molar-refractivity contribution in [1.82, 2.24) is 5.32 Å². The topological polar surface area (TPSA) is 30.5 Å². The first-order chi connectivity index (χ1) is 7.86. The lowest BCUT2D eigenvalue weighted by Crippen LogP contribution is -2.26. The molecule has 1 aromatic rings. The summed E-state index contributed by atoms with van der Waals surface area (Å²) in [6.07, 6.45) is 2.33. The summed E-state index contributed by atoms with van der Waals surface area (Å²) >= 11 is 3.63. The number of ether oxygens (including phenoxy) is 2. The van der Waals surface area contributed by atoms with Crippen LogP contribution in [0.15, 0.2) is 16.6 Å². The highest BCUT2D eigenvalue weighted by Gasteiger charge is 2.26. The van der Waals surface area contributed by atoms with E-state index >= 15 is 0 Å². The van der Waals surface area contributed by atoms with E-state index in [1.807, 2.05) is 6.07 Å². The van der Waals surface area contributed by atoms with Gasteiger partial charge in [0.05, 0.1) is 0 Å². The van der Waals surface area contributed by atoms with Gasteiger partial charge in [0.2, 0.25) is 6.79 Å². The number of nitrogens with one attached hydrogen (secondary N) is 1. The molecule has 0 aromatic heterocycles. The number of rotatable bonds is 1. The largest absolute Gasteiger partial charge is 0.454 e. The molecule has 0 saturated carbocycles. The van der Waals surface area contributed by atoms with Gasteiger partial charge in [-0.25, -0.2) is 0 Å². The minimum atomic E-state index is 0.351. The average molecular weight is 284 g/mol. The van der Waals surface area contributed by atoms with Crippen LogP contribution in [-0.4, -0.2) is 19.9 Å². The van der Waals surface area contributed by atoms with E-state index in [-0.39, 0.29) is 0 Å². The van der Waals surface area contributed by atoms with Crippen molar-refractivity contribution in [3.05, 3.63) is 22.2 Å². The minimum Gasteiger partial charge on any atom is -0.454 e. The van der Waals surface area contributed by atoms with Crippen LogP contribution in [0.2, 0.25) is 0 Å². The third kappa shape index (κ3) is 1.70. The molecule has 0 bridgehead atoms. The molecule has 0 spiro atoms. The second-order valence-electron chi connectivity index (χ2n) is 4.22. The van der Waals surface area contributed by atoms with Crippen molar-refractivity contribution in [2.75, 3.05) is 19.9 Å². The molecule has 0 radical (unpaired) electrons. The van der Waals surface area contributed by atoms with Gasteiger partial charge in [-0.1, -0.05) is 15.9 Å².